The number of epoxide rings is 1. The second-order valence-electron chi connectivity index (χ2n) is 5.06. The average Bonchev–Trinajstić information content (AvgIpc) is 3.15. The fourth-order valence-corrected chi connectivity index (χ4v) is 2.68. The normalized spacial score (nSPS) is 29.1. The standard InChI is InChI=1S/C13H24N2O2/c1-3-15(4-2)13(16)11-6-5-7-14(8-11)9-12-10-17-12/h11-12H,3-10H2,1-2H3/t11-,12-/m1/s1. The summed E-state index contributed by atoms with van der Waals surface area (Å²) in [5.74, 6) is 0.554. The smallest absolute Gasteiger partial charge is 0.226 e. The molecule has 98 valence electrons. The Labute approximate surface area is 104 Å². The first-order valence-corrected chi connectivity index (χ1v) is 6.87. The van der Waals surface area contributed by atoms with Gasteiger partial charge in [-0.3, -0.25) is 9.69 Å². The van der Waals surface area contributed by atoms with Crippen molar-refractivity contribution < 1.29 is 9.53 Å². The molecule has 2 heterocycles. The van der Waals surface area contributed by atoms with Crippen LogP contribution in [0.4, 0.5) is 0 Å². The summed E-state index contributed by atoms with van der Waals surface area (Å²) in [7, 11) is 0. The van der Waals surface area contributed by atoms with Crippen LogP contribution in [0.1, 0.15) is 26.7 Å². The van der Waals surface area contributed by atoms with E-state index >= 15 is 0 Å². The third kappa shape index (κ3) is 3.42. The van der Waals surface area contributed by atoms with Crippen molar-refractivity contribution in [2.45, 2.75) is 32.8 Å². The first kappa shape index (κ1) is 12.8. The Morgan fingerprint density at radius 1 is 1.41 bits per heavy atom. The van der Waals surface area contributed by atoms with Gasteiger partial charge >= 0.3 is 0 Å². The predicted molar refractivity (Wildman–Crippen MR) is 66.8 cm³/mol. The molecule has 0 bridgehead atoms. The maximum atomic E-state index is 12.3. The van der Waals surface area contributed by atoms with E-state index < -0.39 is 0 Å². The fraction of sp³-hybridized carbons (Fsp3) is 0.923. The Balaban J connectivity index is 1.84. The molecule has 0 aromatic carbocycles. The van der Waals surface area contributed by atoms with E-state index in [9.17, 15) is 4.79 Å². The molecule has 1 amide bonds. The van der Waals surface area contributed by atoms with Gasteiger partial charge in [0.1, 0.15) is 0 Å². The van der Waals surface area contributed by atoms with Crippen molar-refractivity contribution in [3.63, 3.8) is 0 Å². The molecule has 4 heteroatoms. The number of hydrogen-bond donors (Lipinski definition) is 0. The van der Waals surface area contributed by atoms with Gasteiger partial charge in [-0.05, 0) is 33.2 Å². The number of piperidine rings is 1. The molecule has 2 aliphatic heterocycles. The highest BCUT2D eigenvalue weighted by Crippen LogP contribution is 2.21. The number of carbonyl (C=O) groups excluding carboxylic acids is 1. The molecule has 0 aromatic rings. The Morgan fingerprint density at radius 2 is 2.12 bits per heavy atom. The largest absolute Gasteiger partial charge is 0.372 e. The Kier molecular flexibility index (Phi) is 4.40. The van der Waals surface area contributed by atoms with E-state index in [4.69, 9.17) is 4.74 Å². The number of rotatable bonds is 5. The first-order chi connectivity index (χ1) is 8.24. The minimum atomic E-state index is 0.211. The van der Waals surface area contributed by atoms with Crippen LogP contribution in [0.3, 0.4) is 0 Å². The SMILES string of the molecule is CCN(CC)C(=O)[C@@H]1CCCN(C[C@@H]2CO2)C1. The molecule has 2 fully saturated rings. The highest BCUT2D eigenvalue weighted by molar-refractivity contribution is 5.79. The molecule has 0 N–H and O–H groups in total. The number of nitrogens with zero attached hydrogens (tertiary/aromatic N) is 2. The van der Waals surface area contributed by atoms with Crippen LogP contribution in [0.2, 0.25) is 0 Å². The van der Waals surface area contributed by atoms with E-state index in [-0.39, 0.29) is 5.92 Å². The first-order valence-electron chi connectivity index (χ1n) is 6.87. The van der Waals surface area contributed by atoms with Crippen molar-refractivity contribution in [1.82, 2.24) is 9.80 Å². The molecule has 0 spiro atoms. The molecule has 0 unspecified atom stereocenters. The molecule has 0 saturated carbocycles. The lowest BCUT2D eigenvalue weighted by molar-refractivity contribution is -0.137. The van der Waals surface area contributed by atoms with Crippen LogP contribution in [0, 0.1) is 5.92 Å². The lowest BCUT2D eigenvalue weighted by Crippen LogP contribution is -2.45. The molecule has 2 saturated heterocycles. The lowest BCUT2D eigenvalue weighted by Gasteiger charge is -2.34. The topological polar surface area (TPSA) is 36.1 Å². The third-order valence-corrected chi connectivity index (χ3v) is 3.79. The second kappa shape index (κ2) is 5.83. The predicted octanol–water partition coefficient (Wildman–Crippen LogP) is 0.966. The maximum Gasteiger partial charge on any atom is 0.226 e. The molecule has 2 rings (SSSR count). The number of likely N-dealkylation sites (tertiary alicyclic amines) is 1. The van der Waals surface area contributed by atoms with Crippen molar-refractivity contribution in [1.29, 1.82) is 0 Å². The Morgan fingerprint density at radius 3 is 2.71 bits per heavy atom. The van der Waals surface area contributed by atoms with Gasteiger partial charge in [-0.25, -0.2) is 0 Å². The van der Waals surface area contributed by atoms with E-state index in [1.807, 2.05) is 4.90 Å². The molecular weight excluding hydrogens is 216 g/mol. The summed E-state index contributed by atoms with van der Waals surface area (Å²) < 4.78 is 5.26. The minimum absolute atomic E-state index is 0.211. The van der Waals surface area contributed by atoms with Crippen molar-refractivity contribution in [3.05, 3.63) is 0 Å². The molecular formula is C13H24N2O2. The van der Waals surface area contributed by atoms with Crippen LogP contribution in [-0.2, 0) is 9.53 Å². The highest BCUT2D eigenvalue weighted by atomic mass is 16.6. The van der Waals surface area contributed by atoms with Gasteiger partial charge in [0.15, 0.2) is 0 Å². The van der Waals surface area contributed by atoms with E-state index in [2.05, 4.69) is 18.7 Å². The van der Waals surface area contributed by atoms with Crippen LogP contribution in [0.15, 0.2) is 0 Å². The van der Waals surface area contributed by atoms with Gasteiger partial charge in [0.2, 0.25) is 5.91 Å². The molecule has 0 radical (unpaired) electrons. The van der Waals surface area contributed by atoms with Crippen LogP contribution in [0.25, 0.3) is 0 Å². The minimum Gasteiger partial charge on any atom is -0.372 e. The molecule has 4 nitrogen and oxygen atoms in total. The number of ether oxygens (including phenoxy) is 1. The third-order valence-electron chi connectivity index (χ3n) is 3.79. The van der Waals surface area contributed by atoms with Crippen molar-refractivity contribution in [2.24, 2.45) is 5.92 Å². The summed E-state index contributed by atoms with van der Waals surface area (Å²) in [6.45, 7) is 9.75. The van der Waals surface area contributed by atoms with Gasteiger partial charge in [-0.15, -0.1) is 0 Å². The summed E-state index contributed by atoms with van der Waals surface area (Å²) >= 11 is 0. The second-order valence-corrected chi connectivity index (χ2v) is 5.06. The molecule has 2 atom stereocenters. The van der Waals surface area contributed by atoms with Gasteiger partial charge in [-0.1, -0.05) is 0 Å². The lowest BCUT2D eigenvalue weighted by atomic mass is 9.96. The Hall–Kier alpha value is -0.610. The van der Waals surface area contributed by atoms with Gasteiger partial charge in [-0.2, -0.15) is 0 Å². The molecule has 2 aliphatic rings. The quantitative estimate of drug-likeness (QED) is 0.672. The Bertz CT molecular complexity index is 262. The highest BCUT2D eigenvalue weighted by Gasteiger charge is 2.32. The van der Waals surface area contributed by atoms with Crippen LogP contribution in [0.5, 0.6) is 0 Å². The van der Waals surface area contributed by atoms with Gasteiger partial charge < -0.3 is 9.64 Å². The summed E-state index contributed by atoms with van der Waals surface area (Å²) in [6, 6.07) is 0. The molecule has 17 heavy (non-hydrogen) atoms. The number of amides is 1. The summed E-state index contributed by atoms with van der Waals surface area (Å²) in [6.07, 6.45) is 2.64. The number of carbonyl (C=O) groups is 1. The fourth-order valence-electron chi connectivity index (χ4n) is 2.68. The number of hydrogen-bond acceptors (Lipinski definition) is 3. The van der Waals surface area contributed by atoms with Crippen LogP contribution in [-0.4, -0.2) is 61.1 Å². The van der Waals surface area contributed by atoms with Crippen molar-refractivity contribution in [2.75, 3.05) is 39.3 Å². The summed E-state index contributed by atoms with van der Waals surface area (Å²) in [5.41, 5.74) is 0. The van der Waals surface area contributed by atoms with E-state index in [1.54, 1.807) is 0 Å². The van der Waals surface area contributed by atoms with Crippen LogP contribution < -0.4 is 0 Å². The summed E-state index contributed by atoms with van der Waals surface area (Å²) in [4.78, 5) is 16.6. The van der Waals surface area contributed by atoms with E-state index in [1.165, 1.54) is 0 Å². The molecule has 0 aliphatic carbocycles. The van der Waals surface area contributed by atoms with E-state index in [0.717, 1.165) is 52.2 Å². The zero-order chi connectivity index (χ0) is 12.3. The van der Waals surface area contributed by atoms with Gasteiger partial charge in [0.25, 0.3) is 0 Å². The monoisotopic (exact) mass is 240 g/mol. The maximum absolute atomic E-state index is 12.3. The molecule has 0 aromatic heterocycles. The van der Waals surface area contributed by atoms with Gasteiger partial charge in [0, 0.05) is 26.2 Å². The zero-order valence-corrected chi connectivity index (χ0v) is 11.0. The van der Waals surface area contributed by atoms with Crippen molar-refractivity contribution >= 4 is 5.91 Å². The summed E-state index contributed by atoms with van der Waals surface area (Å²) in [5, 5.41) is 0. The van der Waals surface area contributed by atoms with Crippen molar-refractivity contribution in [3.8, 4) is 0 Å². The zero-order valence-electron chi connectivity index (χ0n) is 11.0. The average molecular weight is 240 g/mol. The van der Waals surface area contributed by atoms with Gasteiger partial charge in [0.05, 0.1) is 18.6 Å². The van der Waals surface area contributed by atoms with E-state index in [0.29, 0.717) is 12.0 Å². The van der Waals surface area contributed by atoms with Crippen LogP contribution >= 0.6 is 0 Å².